The van der Waals surface area contributed by atoms with Crippen molar-refractivity contribution < 1.29 is 5.11 Å². The van der Waals surface area contributed by atoms with Crippen molar-refractivity contribution in [2.75, 3.05) is 26.2 Å². The van der Waals surface area contributed by atoms with Crippen molar-refractivity contribution in [1.82, 2.24) is 15.5 Å². The molecule has 1 fully saturated rings. The topological polar surface area (TPSA) is 59.9 Å². The Balaban J connectivity index is 1.48. The molecule has 1 saturated heterocycles. The van der Waals surface area contributed by atoms with E-state index in [4.69, 9.17) is 4.99 Å². The van der Waals surface area contributed by atoms with Crippen LogP contribution in [0.1, 0.15) is 42.9 Å². The predicted molar refractivity (Wildman–Crippen MR) is 120 cm³/mol. The number of likely N-dealkylation sites (tertiary alicyclic amines) is 1. The molecule has 2 aromatic rings. The van der Waals surface area contributed by atoms with Crippen LogP contribution < -0.4 is 10.6 Å². The summed E-state index contributed by atoms with van der Waals surface area (Å²) in [5, 5.41) is 16.2. The molecule has 1 heterocycles. The smallest absolute Gasteiger partial charge is 0.191 e. The minimum atomic E-state index is 0.312. The van der Waals surface area contributed by atoms with E-state index >= 15 is 0 Å². The maximum absolute atomic E-state index is 9.57. The number of nitrogens with zero attached hydrogens (tertiary/aromatic N) is 2. The lowest BCUT2D eigenvalue weighted by atomic mass is 10.1. The molecule has 0 radical (unpaired) electrons. The highest BCUT2D eigenvalue weighted by Crippen LogP contribution is 2.14. The van der Waals surface area contributed by atoms with Gasteiger partial charge in [-0.05, 0) is 68.1 Å². The summed E-state index contributed by atoms with van der Waals surface area (Å²) in [4.78, 5) is 7.26. The SMILES string of the molecule is CCNC(=NCc1ccc(CN2CCCCC2)cc1)NCCc1cccc(O)c1. The summed E-state index contributed by atoms with van der Waals surface area (Å²) in [6.45, 7) is 7.84. The molecule has 156 valence electrons. The molecule has 0 spiro atoms. The Morgan fingerprint density at radius 2 is 1.72 bits per heavy atom. The van der Waals surface area contributed by atoms with E-state index in [1.165, 1.54) is 43.5 Å². The molecule has 5 nitrogen and oxygen atoms in total. The summed E-state index contributed by atoms with van der Waals surface area (Å²) >= 11 is 0. The molecule has 0 atom stereocenters. The first-order valence-electron chi connectivity index (χ1n) is 10.8. The third kappa shape index (κ3) is 7.42. The highest BCUT2D eigenvalue weighted by atomic mass is 16.3. The van der Waals surface area contributed by atoms with Gasteiger partial charge in [0.15, 0.2) is 5.96 Å². The fourth-order valence-corrected chi connectivity index (χ4v) is 3.68. The molecular formula is C24H34N4O. The number of benzene rings is 2. The molecule has 0 unspecified atom stereocenters. The fraction of sp³-hybridized carbons (Fsp3) is 0.458. The summed E-state index contributed by atoms with van der Waals surface area (Å²) in [6, 6.07) is 16.3. The van der Waals surface area contributed by atoms with Gasteiger partial charge in [-0.15, -0.1) is 0 Å². The molecular weight excluding hydrogens is 360 g/mol. The lowest BCUT2D eigenvalue weighted by Gasteiger charge is -2.26. The fourth-order valence-electron chi connectivity index (χ4n) is 3.68. The summed E-state index contributed by atoms with van der Waals surface area (Å²) in [6.07, 6.45) is 4.88. The molecule has 1 aliphatic rings. The van der Waals surface area contributed by atoms with Gasteiger partial charge >= 0.3 is 0 Å². The van der Waals surface area contributed by atoms with Gasteiger partial charge in [-0.1, -0.05) is 42.8 Å². The standard InChI is InChI=1S/C24H34N4O/c1-2-25-24(26-14-13-20-7-6-8-23(29)17-20)27-18-21-9-11-22(12-10-21)19-28-15-4-3-5-16-28/h6-12,17,29H,2-5,13-16,18-19H2,1H3,(H2,25,26,27). The quantitative estimate of drug-likeness (QED) is 0.472. The van der Waals surface area contributed by atoms with E-state index in [-0.39, 0.29) is 0 Å². The van der Waals surface area contributed by atoms with E-state index in [1.54, 1.807) is 12.1 Å². The number of hydrogen-bond acceptors (Lipinski definition) is 3. The second kappa shape index (κ2) is 11.5. The van der Waals surface area contributed by atoms with Crippen molar-refractivity contribution in [3.63, 3.8) is 0 Å². The first kappa shape index (κ1) is 21.2. The third-order valence-corrected chi connectivity index (χ3v) is 5.26. The van der Waals surface area contributed by atoms with Gasteiger partial charge in [0.25, 0.3) is 0 Å². The van der Waals surface area contributed by atoms with Gasteiger partial charge in [0.2, 0.25) is 0 Å². The number of nitrogens with one attached hydrogen (secondary N) is 2. The Bertz CT molecular complexity index is 767. The molecule has 0 bridgehead atoms. The summed E-state index contributed by atoms with van der Waals surface area (Å²) < 4.78 is 0. The van der Waals surface area contributed by atoms with Crippen molar-refractivity contribution in [2.24, 2.45) is 4.99 Å². The van der Waals surface area contributed by atoms with E-state index < -0.39 is 0 Å². The van der Waals surface area contributed by atoms with Gasteiger partial charge in [-0.2, -0.15) is 0 Å². The van der Waals surface area contributed by atoms with Crippen molar-refractivity contribution in [3.05, 3.63) is 65.2 Å². The second-order valence-electron chi connectivity index (χ2n) is 7.70. The normalized spacial score (nSPS) is 15.3. The zero-order valence-electron chi connectivity index (χ0n) is 17.5. The zero-order chi connectivity index (χ0) is 20.3. The van der Waals surface area contributed by atoms with Crippen LogP contribution in [0, 0.1) is 0 Å². The number of phenols is 1. The van der Waals surface area contributed by atoms with Crippen LogP contribution in [0.2, 0.25) is 0 Å². The van der Waals surface area contributed by atoms with Crippen molar-refractivity contribution >= 4 is 5.96 Å². The zero-order valence-corrected chi connectivity index (χ0v) is 17.5. The molecule has 2 aromatic carbocycles. The Kier molecular flexibility index (Phi) is 8.38. The molecule has 29 heavy (non-hydrogen) atoms. The maximum Gasteiger partial charge on any atom is 0.191 e. The van der Waals surface area contributed by atoms with Gasteiger partial charge in [0, 0.05) is 19.6 Å². The van der Waals surface area contributed by atoms with E-state index in [1.807, 2.05) is 12.1 Å². The van der Waals surface area contributed by atoms with E-state index in [2.05, 4.69) is 46.7 Å². The van der Waals surface area contributed by atoms with Gasteiger partial charge in [-0.3, -0.25) is 4.90 Å². The summed E-state index contributed by atoms with van der Waals surface area (Å²) in [5.74, 6) is 1.14. The van der Waals surface area contributed by atoms with Crippen LogP contribution in [0.5, 0.6) is 5.75 Å². The molecule has 0 aromatic heterocycles. The lowest BCUT2D eigenvalue weighted by Crippen LogP contribution is -2.38. The molecule has 1 aliphatic heterocycles. The number of aromatic hydroxyl groups is 1. The number of hydrogen-bond donors (Lipinski definition) is 3. The van der Waals surface area contributed by atoms with Crippen LogP contribution in [-0.4, -0.2) is 42.1 Å². The number of rotatable bonds is 8. The average Bonchev–Trinajstić information content (AvgIpc) is 2.74. The molecule has 3 rings (SSSR count). The number of piperidine rings is 1. The van der Waals surface area contributed by atoms with Crippen LogP contribution in [0.4, 0.5) is 0 Å². The molecule has 3 N–H and O–H groups in total. The maximum atomic E-state index is 9.57. The van der Waals surface area contributed by atoms with E-state index in [0.717, 1.165) is 37.6 Å². The highest BCUT2D eigenvalue weighted by molar-refractivity contribution is 5.79. The number of guanidine groups is 1. The predicted octanol–water partition coefficient (Wildman–Crippen LogP) is 3.68. The first-order chi connectivity index (χ1) is 14.2. The van der Waals surface area contributed by atoms with Crippen molar-refractivity contribution in [3.8, 4) is 5.75 Å². The van der Waals surface area contributed by atoms with Gasteiger partial charge in [0.1, 0.15) is 5.75 Å². The first-order valence-corrected chi connectivity index (χ1v) is 10.8. The Hall–Kier alpha value is -2.53. The van der Waals surface area contributed by atoms with Crippen molar-refractivity contribution in [2.45, 2.75) is 45.7 Å². The van der Waals surface area contributed by atoms with Crippen LogP contribution in [0.3, 0.4) is 0 Å². The minimum Gasteiger partial charge on any atom is -0.508 e. The Labute approximate surface area is 174 Å². The van der Waals surface area contributed by atoms with Gasteiger partial charge in [-0.25, -0.2) is 4.99 Å². The van der Waals surface area contributed by atoms with Gasteiger partial charge in [0.05, 0.1) is 6.54 Å². The molecule has 0 saturated carbocycles. The third-order valence-electron chi connectivity index (χ3n) is 5.26. The number of aliphatic imine (C=N–C) groups is 1. The molecule has 0 amide bonds. The van der Waals surface area contributed by atoms with Crippen LogP contribution >= 0.6 is 0 Å². The summed E-state index contributed by atoms with van der Waals surface area (Å²) in [7, 11) is 0. The minimum absolute atomic E-state index is 0.312. The van der Waals surface area contributed by atoms with E-state index in [0.29, 0.717) is 12.3 Å². The van der Waals surface area contributed by atoms with Crippen LogP contribution in [0.25, 0.3) is 0 Å². The number of phenolic OH excluding ortho intramolecular Hbond substituents is 1. The van der Waals surface area contributed by atoms with Gasteiger partial charge < -0.3 is 15.7 Å². The molecule has 5 heteroatoms. The Morgan fingerprint density at radius 3 is 2.45 bits per heavy atom. The summed E-state index contributed by atoms with van der Waals surface area (Å²) in [5.41, 5.74) is 3.71. The van der Waals surface area contributed by atoms with Crippen LogP contribution in [0.15, 0.2) is 53.5 Å². The Morgan fingerprint density at radius 1 is 0.966 bits per heavy atom. The highest BCUT2D eigenvalue weighted by Gasteiger charge is 2.10. The average molecular weight is 395 g/mol. The monoisotopic (exact) mass is 394 g/mol. The van der Waals surface area contributed by atoms with Crippen LogP contribution in [-0.2, 0) is 19.5 Å². The lowest BCUT2D eigenvalue weighted by molar-refractivity contribution is 0.221. The van der Waals surface area contributed by atoms with Crippen molar-refractivity contribution in [1.29, 1.82) is 0 Å². The largest absolute Gasteiger partial charge is 0.508 e. The second-order valence-corrected chi connectivity index (χ2v) is 7.70. The molecule has 0 aliphatic carbocycles. The van der Waals surface area contributed by atoms with E-state index in [9.17, 15) is 5.11 Å².